The molecule has 0 radical (unpaired) electrons. The zero-order valence-electron chi connectivity index (χ0n) is 11.3. The molecule has 1 aromatic carbocycles. The molecule has 0 bridgehead atoms. The van der Waals surface area contributed by atoms with E-state index in [0.29, 0.717) is 6.04 Å². The van der Waals surface area contributed by atoms with Gasteiger partial charge in [-0.25, -0.2) is 0 Å². The number of aromatic nitrogens is 1. The lowest BCUT2D eigenvalue weighted by Gasteiger charge is -2.10. The Bertz CT molecular complexity index is 503. The molecule has 2 aromatic rings. The number of nitrogens with zero attached hydrogens (tertiary/aromatic N) is 1. The first-order valence-corrected chi connectivity index (χ1v) is 6.37. The van der Waals surface area contributed by atoms with Gasteiger partial charge in [0.25, 0.3) is 0 Å². The highest BCUT2D eigenvalue weighted by Gasteiger charge is 2.02. The standard InChI is InChI=1S/C16H20N2/c1-12-8-16(11-18-10-12)15-6-4-14(5-7-15)9-13(2)17-3/h4-8,10-11,13,17H,9H2,1-3H3. The van der Waals surface area contributed by atoms with Crippen LogP contribution in [0.1, 0.15) is 18.1 Å². The van der Waals surface area contributed by atoms with E-state index in [4.69, 9.17) is 0 Å². The number of nitrogens with one attached hydrogen (secondary N) is 1. The number of hydrogen-bond acceptors (Lipinski definition) is 2. The first kappa shape index (κ1) is 12.8. The van der Waals surface area contributed by atoms with Crippen LogP contribution in [0, 0.1) is 6.92 Å². The van der Waals surface area contributed by atoms with E-state index in [0.717, 1.165) is 6.42 Å². The molecular weight excluding hydrogens is 220 g/mol. The van der Waals surface area contributed by atoms with Crippen LogP contribution in [0.25, 0.3) is 11.1 Å². The van der Waals surface area contributed by atoms with Crippen molar-refractivity contribution >= 4 is 0 Å². The maximum atomic E-state index is 4.23. The molecule has 0 aliphatic rings. The Morgan fingerprint density at radius 3 is 2.44 bits per heavy atom. The number of likely N-dealkylation sites (N-methyl/N-ethyl adjacent to an activating group) is 1. The molecule has 1 heterocycles. The summed E-state index contributed by atoms with van der Waals surface area (Å²) in [4.78, 5) is 4.23. The summed E-state index contributed by atoms with van der Waals surface area (Å²) in [6, 6.07) is 11.4. The molecule has 2 heteroatoms. The molecule has 0 fully saturated rings. The summed E-state index contributed by atoms with van der Waals surface area (Å²) in [6.07, 6.45) is 4.85. The van der Waals surface area contributed by atoms with Gasteiger partial charge in [0.1, 0.15) is 0 Å². The molecule has 2 rings (SSSR count). The summed E-state index contributed by atoms with van der Waals surface area (Å²) >= 11 is 0. The van der Waals surface area contributed by atoms with Crippen molar-refractivity contribution in [3.8, 4) is 11.1 Å². The van der Waals surface area contributed by atoms with E-state index in [2.05, 4.69) is 54.5 Å². The average molecular weight is 240 g/mol. The van der Waals surface area contributed by atoms with Crippen LogP contribution in [0.5, 0.6) is 0 Å². The molecule has 0 amide bonds. The number of benzene rings is 1. The second-order valence-electron chi connectivity index (χ2n) is 4.84. The summed E-state index contributed by atoms with van der Waals surface area (Å²) in [6.45, 7) is 4.26. The van der Waals surface area contributed by atoms with Gasteiger partial charge in [-0.1, -0.05) is 24.3 Å². The van der Waals surface area contributed by atoms with Crippen molar-refractivity contribution in [1.82, 2.24) is 10.3 Å². The van der Waals surface area contributed by atoms with E-state index in [1.54, 1.807) is 0 Å². The van der Waals surface area contributed by atoms with Crippen LogP contribution in [0.4, 0.5) is 0 Å². The predicted octanol–water partition coefficient (Wildman–Crippen LogP) is 3.21. The Labute approximate surface area is 109 Å². The molecule has 0 spiro atoms. The molecule has 1 N–H and O–H groups in total. The number of hydrogen-bond donors (Lipinski definition) is 1. The van der Waals surface area contributed by atoms with Gasteiger partial charge >= 0.3 is 0 Å². The lowest BCUT2D eigenvalue weighted by atomic mass is 10.0. The van der Waals surface area contributed by atoms with Gasteiger partial charge < -0.3 is 5.32 Å². The summed E-state index contributed by atoms with van der Waals surface area (Å²) < 4.78 is 0. The smallest absolute Gasteiger partial charge is 0.0346 e. The molecule has 0 aliphatic heterocycles. The van der Waals surface area contributed by atoms with Gasteiger partial charge in [0.15, 0.2) is 0 Å². The van der Waals surface area contributed by atoms with Gasteiger partial charge in [-0.2, -0.15) is 0 Å². The van der Waals surface area contributed by atoms with E-state index in [1.165, 1.54) is 22.3 Å². The molecule has 1 aromatic heterocycles. The first-order chi connectivity index (χ1) is 8.69. The lowest BCUT2D eigenvalue weighted by molar-refractivity contribution is 0.608. The zero-order valence-corrected chi connectivity index (χ0v) is 11.3. The molecule has 1 atom stereocenters. The Kier molecular flexibility index (Phi) is 4.11. The Hall–Kier alpha value is -1.67. The minimum Gasteiger partial charge on any atom is -0.317 e. The van der Waals surface area contributed by atoms with Crippen molar-refractivity contribution < 1.29 is 0 Å². The van der Waals surface area contributed by atoms with E-state index >= 15 is 0 Å². The minimum absolute atomic E-state index is 0.511. The zero-order chi connectivity index (χ0) is 13.0. The van der Waals surface area contributed by atoms with Gasteiger partial charge in [-0.05, 0) is 50.1 Å². The van der Waals surface area contributed by atoms with E-state index in [1.807, 2.05) is 19.4 Å². The second-order valence-corrected chi connectivity index (χ2v) is 4.84. The highest BCUT2D eigenvalue weighted by atomic mass is 14.8. The van der Waals surface area contributed by atoms with Crippen molar-refractivity contribution in [1.29, 1.82) is 0 Å². The van der Waals surface area contributed by atoms with Crippen LogP contribution in [-0.2, 0) is 6.42 Å². The quantitative estimate of drug-likeness (QED) is 0.887. The fraction of sp³-hybridized carbons (Fsp3) is 0.312. The largest absolute Gasteiger partial charge is 0.317 e. The normalized spacial score (nSPS) is 12.4. The Morgan fingerprint density at radius 2 is 1.83 bits per heavy atom. The van der Waals surface area contributed by atoms with Gasteiger partial charge in [-0.3, -0.25) is 4.98 Å². The molecule has 18 heavy (non-hydrogen) atoms. The maximum Gasteiger partial charge on any atom is 0.0346 e. The number of pyridine rings is 1. The third-order valence-electron chi connectivity index (χ3n) is 3.20. The third kappa shape index (κ3) is 3.17. The fourth-order valence-electron chi connectivity index (χ4n) is 2.00. The van der Waals surface area contributed by atoms with E-state index in [-0.39, 0.29) is 0 Å². The molecule has 0 saturated heterocycles. The van der Waals surface area contributed by atoms with Crippen molar-refractivity contribution in [2.45, 2.75) is 26.3 Å². The first-order valence-electron chi connectivity index (χ1n) is 6.37. The van der Waals surface area contributed by atoms with E-state index < -0.39 is 0 Å². The SMILES string of the molecule is CNC(C)Cc1ccc(-c2cncc(C)c2)cc1. The van der Waals surface area contributed by atoms with Gasteiger partial charge in [-0.15, -0.1) is 0 Å². The average Bonchev–Trinajstić information content (AvgIpc) is 2.39. The molecule has 94 valence electrons. The summed E-state index contributed by atoms with van der Waals surface area (Å²) in [5.41, 5.74) is 4.97. The van der Waals surface area contributed by atoms with Crippen molar-refractivity contribution in [2.75, 3.05) is 7.05 Å². The van der Waals surface area contributed by atoms with Gasteiger partial charge in [0, 0.05) is 24.0 Å². The Morgan fingerprint density at radius 1 is 1.11 bits per heavy atom. The summed E-state index contributed by atoms with van der Waals surface area (Å²) in [5.74, 6) is 0. The van der Waals surface area contributed by atoms with Crippen LogP contribution in [0.15, 0.2) is 42.7 Å². The van der Waals surface area contributed by atoms with Gasteiger partial charge in [0.2, 0.25) is 0 Å². The van der Waals surface area contributed by atoms with Crippen LogP contribution in [0.2, 0.25) is 0 Å². The highest BCUT2D eigenvalue weighted by Crippen LogP contribution is 2.20. The maximum absolute atomic E-state index is 4.23. The molecule has 2 nitrogen and oxygen atoms in total. The van der Waals surface area contributed by atoms with Gasteiger partial charge in [0.05, 0.1) is 0 Å². The predicted molar refractivity (Wildman–Crippen MR) is 76.6 cm³/mol. The number of aryl methyl sites for hydroxylation is 1. The van der Waals surface area contributed by atoms with Crippen molar-refractivity contribution in [3.63, 3.8) is 0 Å². The Balaban J connectivity index is 2.17. The van der Waals surface area contributed by atoms with Crippen molar-refractivity contribution in [2.24, 2.45) is 0 Å². The van der Waals surface area contributed by atoms with Crippen LogP contribution in [-0.4, -0.2) is 18.1 Å². The number of rotatable bonds is 4. The minimum atomic E-state index is 0.511. The van der Waals surface area contributed by atoms with E-state index in [9.17, 15) is 0 Å². The monoisotopic (exact) mass is 240 g/mol. The van der Waals surface area contributed by atoms with Crippen molar-refractivity contribution in [3.05, 3.63) is 53.9 Å². The van der Waals surface area contributed by atoms with Crippen LogP contribution < -0.4 is 5.32 Å². The van der Waals surface area contributed by atoms with Crippen LogP contribution >= 0.6 is 0 Å². The summed E-state index contributed by atoms with van der Waals surface area (Å²) in [5, 5.41) is 3.26. The molecule has 0 aliphatic carbocycles. The third-order valence-corrected chi connectivity index (χ3v) is 3.20. The topological polar surface area (TPSA) is 24.9 Å². The molecule has 0 saturated carbocycles. The summed E-state index contributed by atoms with van der Waals surface area (Å²) in [7, 11) is 2.00. The molecular formula is C16H20N2. The second kappa shape index (κ2) is 5.78. The van der Waals surface area contributed by atoms with Crippen LogP contribution in [0.3, 0.4) is 0 Å². The fourth-order valence-corrected chi connectivity index (χ4v) is 2.00. The lowest BCUT2D eigenvalue weighted by Crippen LogP contribution is -2.23. The molecule has 1 unspecified atom stereocenters. The highest BCUT2D eigenvalue weighted by molar-refractivity contribution is 5.63.